The first-order valence-corrected chi connectivity index (χ1v) is 14.2. The van der Waals surface area contributed by atoms with Crippen LogP contribution in [-0.4, -0.2) is 4.57 Å². The van der Waals surface area contributed by atoms with Gasteiger partial charge in [-0.25, -0.2) is 0 Å². The van der Waals surface area contributed by atoms with E-state index in [-0.39, 0.29) is 0 Å². The van der Waals surface area contributed by atoms with Gasteiger partial charge in [-0.2, -0.15) is 0 Å². The highest BCUT2D eigenvalue weighted by Crippen LogP contribution is 2.46. The van der Waals surface area contributed by atoms with Crippen LogP contribution in [0.15, 0.2) is 152 Å². The third-order valence-electron chi connectivity index (χ3n) is 8.75. The van der Waals surface area contributed by atoms with E-state index in [1.807, 2.05) is 0 Å². The molecular weight excluding hydrogens is 494 g/mol. The van der Waals surface area contributed by atoms with Crippen LogP contribution >= 0.6 is 0 Å². The Morgan fingerprint density at radius 1 is 0.341 bits per heavy atom. The molecule has 190 valence electrons. The smallest absolute Gasteiger partial charge is 0.0541 e. The number of para-hydroxylation sites is 2. The zero-order valence-corrected chi connectivity index (χ0v) is 22.4. The van der Waals surface area contributed by atoms with Crippen molar-refractivity contribution in [1.29, 1.82) is 0 Å². The van der Waals surface area contributed by atoms with Crippen LogP contribution in [0.2, 0.25) is 0 Å². The van der Waals surface area contributed by atoms with Crippen LogP contribution in [0.25, 0.3) is 82.1 Å². The Hall–Kier alpha value is -5.40. The Labute approximate surface area is 237 Å². The summed E-state index contributed by atoms with van der Waals surface area (Å²) >= 11 is 0. The van der Waals surface area contributed by atoms with Gasteiger partial charge in [0.1, 0.15) is 0 Å². The predicted molar refractivity (Wildman–Crippen MR) is 175 cm³/mol. The van der Waals surface area contributed by atoms with Crippen molar-refractivity contribution in [2.45, 2.75) is 0 Å². The standard InChI is InChI=1S/C40H25N/c1-3-11-26(12-4-1)34-25-35(27-13-5-2-6-14-27)32-22-23-33-38(24-20-28-19-21-31(34)40(32)39(28)33)41-36-17-9-7-15-29(36)30-16-8-10-18-37(30)41/h1-25H. The summed E-state index contributed by atoms with van der Waals surface area (Å²) in [6, 6.07) is 55.5. The van der Waals surface area contributed by atoms with E-state index in [1.54, 1.807) is 0 Å². The molecule has 0 unspecified atom stereocenters. The molecule has 0 aliphatic rings. The normalized spacial score (nSPS) is 11.9. The lowest BCUT2D eigenvalue weighted by Gasteiger charge is -2.20. The number of hydrogen-bond acceptors (Lipinski definition) is 0. The van der Waals surface area contributed by atoms with Crippen LogP contribution in [0.1, 0.15) is 0 Å². The Morgan fingerprint density at radius 2 is 0.829 bits per heavy atom. The van der Waals surface area contributed by atoms with E-state index in [9.17, 15) is 0 Å². The van der Waals surface area contributed by atoms with Gasteiger partial charge in [0.2, 0.25) is 0 Å². The summed E-state index contributed by atoms with van der Waals surface area (Å²) in [6.45, 7) is 0. The second-order valence-electron chi connectivity index (χ2n) is 10.9. The Bertz CT molecular complexity index is 2280. The fraction of sp³-hybridized carbons (Fsp3) is 0. The largest absolute Gasteiger partial charge is 0.309 e. The van der Waals surface area contributed by atoms with Crippen LogP contribution < -0.4 is 0 Å². The van der Waals surface area contributed by atoms with Gasteiger partial charge < -0.3 is 4.57 Å². The van der Waals surface area contributed by atoms with Crippen molar-refractivity contribution in [3.05, 3.63) is 152 Å². The third-order valence-corrected chi connectivity index (χ3v) is 8.75. The van der Waals surface area contributed by atoms with Crippen molar-refractivity contribution in [3.63, 3.8) is 0 Å². The van der Waals surface area contributed by atoms with Crippen LogP contribution in [0.4, 0.5) is 0 Å². The van der Waals surface area contributed by atoms with E-state index in [0.717, 1.165) is 0 Å². The molecule has 1 heteroatoms. The highest BCUT2D eigenvalue weighted by molar-refractivity contribution is 6.29. The van der Waals surface area contributed by atoms with Gasteiger partial charge in [-0.15, -0.1) is 0 Å². The summed E-state index contributed by atoms with van der Waals surface area (Å²) in [5.74, 6) is 0. The van der Waals surface area contributed by atoms with Gasteiger partial charge in [0, 0.05) is 16.2 Å². The lowest BCUT2D eigenvalue weighted by atomic mass is 9.85. The van der Waals surface area contributed by atoms with Crippen LogP contribution in [-0.2, 0) is 0 Å². The average Bonchev–Trinajstić information content (AvgIpc) is 3.38. The molecule has 9 rings (SSSR count). The third kappa shape index (κ3) is 3.18. The number of aromatic nitrogens is 1. The van der Waals surface area contributed by atoms with Gasteiger partial charge in [0.05, 0.1) is 16.7 Å². The highest BCUT2D eigenvalue weighted by atomic mass is 15.0. The van der Waals surface area contributed by atoms with Crippen molar-refractivity contribution in [3.8, 4) is 27.9 Å². The molecule has 0 N–H and O–H groups in total. The van der Waals surface area contributed by atoms with Crippen molar-refractivity contribution < 1.29 is 0 Å². The van der Waals surface area contributed by atoms with Crippen molar-refractivity contribution in [2.75, 3.05) is 0 Å². The lowest BCUT2D eigenvalue weighted by molar-refractivity contribution is 1.20. The van der Waals surface area contributed by atoms with Crippen molar-refractivity contribution in [1.82, 2.24) is 4.57 Å². The molecule has 0 aliphatic carbocycles. The number of nitrogens with zero attached hydrogens (tertiary/aromatic N) is 1. The quantitative estimate of drug-likeness (QED) is 0.205. The van der Waals surface area contributed by atoms with E-state index in [2.05, 4.69) is 156 Å². The number of rotatable bonds is 3. The maximum atomic E-state index is 2.45. The number of fused-ring (bicyclic) bond motifs is 3. The fourth-order valence-electron chi connectivity index (χ4n) is 6.97. The second-order valence-corrected chi connectivity index (χ2v) is 10.9. The zero-order valence-electron chi connectivity index (χ0n) is 22.4. The van der Waals surface area contributed by atoms with E-state index < -0.39 is 0 Å². The van der Waals surface area contributed by atoms with Gasteiger partial charge in [-0.05, 0) is 73.5 Å². The van der Waals surface area contributed by atoms with Gasteiger partial charge in [0.25, 0.3) is 0 Å². The van der Waals surface area contributed by atoms with Crippen LogP contribution in [0.3, 0.4) is 0 Å². The van der Waals surface area contributed by atoms with Crippen LogP contribution in [0, 0.1) is 0 Å². The van der Waals surface area contributed by atoms with Gasteiger partial charge in [-0.3, -0.25) is 0 Å². The SMILES string of the molecule is c1ccc(-c2cc(-c3ccccc3)c3ccc4c(-n5c6ccccc6c6ccccc65)ccc5ccc2c3c54)cc1. The first-order chi connectivity index (χ1) is 20.4. The van der Waals surface area contributed by atoms with Crippen LogP contribution in [0.5, 0.6) is 0 Å². The fourth-order valence-corrected chi connectivity index (χ4v) is 6.97. The highest BCUT2D eigenvalue weighted by Gasteiger charge is 2.20. The minimum atomic E-state index is 1.22. The lowest BCUT2D eigenvalue weighted by Crippen LogP contribution is -1.97. The molecule has 0 bridgehead atoms. The van der Waals surface area contributed by atoms with E-state index in [1.165, 1.54) is 82.1 Å². The zero-order chi connectivity index (χ0) is 26.9. The molecule has 1 aromatic heterocycles. The molecule has 41 heavy (non-hydrogen) atoms. The molecule has 8 aromatic carbocycles. The molecule has 0 amide bonds. The first-order valence-electron chi connectivity index (χ1n) is 14.2. The molecule has 0 fully saturated rings. The molecule has 9 aromatic rings. The molecule has 0 radical (unpaired) electrons. The molecular formula is C40H25N. The Morgan fingerprint density at radius 3 is 1.44 bits per heavy atom. The topological polar surface area (TPSA) is 4.93 Å². The first kappa shape index (κ1) is 22.4. The summed E-state index contributed by atoms with van der Waals surface area (Å²) < 4.78 is 2.45. The Balaban J connectivity index is 1.46. The van der Waals surface area contributed by atoms with Gasteiger partial charge in [0.15, 0.2) is 0 Å². The number of benzene rings is 8. The number of hydrogen-bond donors (Lipinski definition) is 0. The van der Waals surface area contributed by atoms with Crippen molar-refractivity contribution >= 4 is 54.1 Å². The minimum Gasteiger partial charge on any atom is -0.309 e. The molecule has 0 spiro atoms. The van der Waals surface area contributed by atoms with Crippen molar-refractivity contribution in [2.24, 2.45) is 0 Å². The minimum absolute atomic E-state index is 1.22. The molecule has 0 atom stereocenters. The predicted octanol–water partition coefficient (Wildman–Crippen LogP) is 11.0. The van der Waals surface area contributed by atoms with Gasteiger partial charge in [-0.1, -0.05) is 127 Å². The van der Waals surface area contributed by atoms with Gasteiger partial charge >= 0.3 is 0 Å². The molecule has 1 nitrogen and oxygen atoms in total. The molecule has 0 saturated heterocycles. The average molecular weight is 520 g/mol. The second kappa shape index (κ2) is 8.55. The molecule has 0 saturated carbocycles. The van der Waals surface area contributed by atoms with E-state index in [0.29, 0.717) is 0 Å². The molecule has 0 aliphatic heterocycles. The van der Waals surface area contributed by atoms with E-state index in [4.69, 9.17) is 0 Å². The summed E-state index contributed by atoms with van der Waals surface area (Å²) in [6.07, 6.45) is 0. The summed E-state index contributed by atoms with van der Waals surface area (Å²) in [4.78, 5) is 0. The molecule has 1 heterocycles. The Kier molecular flexibility index (Phi) is 4.67. The maximum absolute atomic E-state index is 2.45. The maximum Gasteiger partial charge on any atom is 0.0541 e. The summed E-state index contributed by atoms with van der Waals surface area (Å²) in [5, 5.41) is 10.4. The summed E-state index contributed by atoms with van der Waals surface area (Å²) in [7, 11) is 0. The monoisotopic (exact) mass is 519 g/mol. The summed E-state index contributed by atoms with van der Waals surface area (Å²) in [5.41, 5.74) is 8.71. The van der Waals surface area contributed by atoms with E-state index >= 15 is 0 Å².